The Labute approximate surface area is 103 Å². The average Bonchev–Trinajstić information content (AvgIpc) is 2.13. The number of nitrogens with one attached hydrogen (secondary N) is 1. The molecule has 1 unspecified atom stereocenters. The molecule has 0 aliphatic rings. The molecule has 1 amide bonds. The monoisotopic (exact) mass is 244 g/mol. The van der Waals surface area contributed by atoms with E-state index in [4.69, 9.17) is 10.8 Å². The van der Waals surface area contributed by atoms with Gasteiger partial charge in [-0.25, -0.2) is 4.79 Å². The van der Waals surface area contributed by atoms with Gasteiger partial charge in [0.15, 0.2) is 0 Å². The summed E-state index contributed by atoms with van der Waals surface area (Å²) in [4.78, 5) is 22.8. The molecule has 0 bridgehead atoms. The summed E-state index contributed by atoms with van der Waals surface area (Å²) in [6.07, 6.45) is 0.401. The maximum absolute atomic E-state index is 11.8. The first-order chi connectivity index (χ1) is 7.55. The Bertz CT molecular complexity index is 282. The lowest BCUT2D eigenvalue weighted by Gasteiger charge is -2.27. The maximum Gasteiger partial charge on any atom is 0.326 e. The minimum absolute atomic E-state index is 0.197. The second kappa shape index (κ2) is 6.00. The van der Waals surface area contributed by atoms with E-state index in [1.165, 1.54) is 0 Å². The van der Waals surface area contributed by atoms with Crippen LogP contribution in [0.15, 0.2) is 0 Å². The van der Waals surface area contributed by atoms with Gasteiger partial charge in [0.25, 0.3) is 0 Å². The van der Waals surface area contributed by atoms with Crippen molar-refractivity contribution in [1.29, 1.82) is 0 Å². The van der Waals surface area contributed by atoms with E-state index in [1.54, 1.807) is 0 Å². The molecule has 100 valence electrons. The first-order valence-corrected chi connectivity index (χ1v) is 5.84. The van der Waals surface area contributed by atoms with Gasteiger partial charge in [0.2, 0.25) is 5.91 Å². The van der Waals surface area contributed by atoms with Crippen LogP contribution in [0.3, 0.4) is 0 Å². The Balaban J connectivity index is 4.57. The molecule has 0 radical (unpaired) electrons. The molecular formula is C12H24N2O3. The number of hydrogen-bond acceptors (Lipinski definition) is 3. The Hall–Kier alpha value is -1.10. The zero-order valence-electron chi connectivity index (χ0n) is 11.3. The van der Waals surface area contributed by atoms with Crippen molar-refractivity contribution in [3.8, 4) is 0 Å². The number of carbonyl (C=O) groups excluding carboxylic acids is 1. The van der Waals surface area contributed by atoms with E-state index in [0.717, 1.165) is 0 Å². The van der Waals surface area contributed by atoms with Crippen molar-refractivity contribution >= 4 is 11.9 Å². The lowest BCUT2D eigenvalue weighted by Crippen LogP contribution is -2.53. The number of aliphatic carboxylic acids is 1. The number of carboxylic acids is 1. The van der Waals surface area contributed by atoms with Gasteiger partial charge in [-0.2, -0.15) is 0 Å². The van der Waals surface area contributed by atoms with Crippen LogP contribution >= 0.6 is 0 Å². The molecule has 0 aromatic carbocycles. The topological polar surface area (TPSA) is 92.4 Å². The number of hydrogen-bond donors (Lipinski definition) is 3. The van der Waals surface area contributed by atoms with E-state index in [1.807, 2.05) is 34.6 Å². The van der Waals surface area contributed by atoms with E-state index < -0.39 is 24.0 Å². The Kier molecular flexibility index (Phi) is 5.61. The lowest BCUT2D eigenvalue weighted by molar-refractivity contribution is -0.142. The molecule has 0 saturated carbocycles. The van der Waals surface area contributed by atoms with Gasteiger partial charge in [0.05, 0.1) is 6.04 Å². The summed E-state index contributed by atoms with van der Waals surface area (Å²) in [6.45, 7) is 9.35. The predicted molar refractivity (Wildman–Crippen MR) is 66.5 cm³/mol. The fraction of sp³-hybridized carbons (Fsp3) is 0.833. The molecule has 0 aromatic rings. The third-order valence-corrected chi connectivity index (χ3v) is 2.54. The molecule has 5 nitrogen and oxygen atoms in total. The summed E-state index contributed by atoms with van der Waals surface area (Å²) in [7, 11) is 0. The Morgan fingerprint density at radius 1 is 1.29 bits per heavy atom. The van der Waals surface area contributed by atoms with Crippen LogP contribution in [0.2, 0.25) is 0 Å². The summed E-state index contributed by atoms with van der Waals surface area (Å²) < 4.78 is 0. The molecule has 0 heterocycles. The highest BCUT2D eigenvalue weighted by Gasteiger charge is 2.30. The number of carbonyl (C=O) groups is 2. The van der Waals surface area contributed by atoms with Gasteiger partial charge >= 0.3 is 5.97 Å². The van der Waals surface area contributed by atoms with Crippen molar-refractivity contribution in [3.63, 3.8) is 0 Å². The standard InChI is InChI=1S/C12H24N2O3/c1-7(2)6-8(11(16)17)14-10(15)9(13)12(3,4)5/h7-9H,6,13H2,1-5H3,(H,14,15)(H,16,17)/t8?,9-/m1/s1. The van der Waals surface area contributed by atoms with E-state index >= 15 is 0 Å². The van der Waals surface area contributed by atoms with Crippen molar-refractivity contribution in [1.82, 2.24) is 5.32 Å². The summed E-state index contributed by atoms with van der Waals surface area (Å²) >= 11 is 0. The van der Waals surface area contributed by atoms with Crippen LogP contribution in [-0.4, -0.2) is 29.1 Å². The lowest BCUT2D eigenvalue weighted by atomic mass is 9.86. The third kappa shape index (κ3) is 5.68. The predicted octanol–water partition coefficient (Wildman–Crippen LogP) is 0.975. The van der Waals surface area contributed by atoms with Crippen LogP contribution in [0, 0.1) is 11.3 Å². The highest BCUT2D eigenvalue weighted by Crippen LogP contribution is 2.17. The molecule has 4 N–H and O–H groups in total. The van der Waals surface area contributed by atoms with Gasteiger partial charge in [0, 0.05) is 0 Å². The van der Waals surface area contributed by atoms with Gasteiger partial charge in [0.1, 0.15) is 6.04 Å². The van der Waals surface area contributed by atoms with Crippen molar-refractivity contribution in [2.75, 3.05) is 0 Å². The molecule has 0 aliphatic carbocycles. The van der Waals surface area contributed by atoms with Crippen LogP contribution in [0.4, 0.5) is 0 Å². The summed E-state index contributed by atoms with van der Waals surface area (Å²) in [5.41, 5.74) is 5.38. The zero-order valence-corrected chi connectivity index (χ0v) is 11.3. The van der Waals surface area contributed by atoms with E-state index in [2.05, 4.69) is 5.32 Å². The van der Waals surface area contributed by atoms with Gasteiger partial charge in [-0.3, -0.25) is 4.79 Å². The molecule has 0 aliphatic heterocycles. The summed E-state index contributed by atoms with van der Waals surface area (Å²) in [5.74, 6) is -1.24. The number of rotatable bonds is 5. The average molecular weight is 244 g/mol. The number of amides is 1. The molecule has 0 rings (SSSR count). The number of carboxylic acid groups (broad SMARTS) is 1. The largest absolute Gasteiger partial charge is 0.480 e. The molecule has 0 aromatic heterocycles. The van der Waals surface area contributed by atoms with Gasteiger partial charge in [-0.15, -0.1) is 0 Å². The summed E-state index contributed by atoms with van der Waals surface area (Å²) in [5, 5.41) is 11.5. The molecule has 2 atom stereocenters. The SMILES string of the molecule is CC(C)CC(NC(=O)[C@@H](N)C(C)(C)C)C(=O)O. The highest BCUT2D eigenvalue weighted by atomic mass is 16.4. The Morgan fingerprint density at radius 3 is 2.06 bits per heavy atom. The molecule has 5 heteroatoms. The second-order valence-electron chi connectivity index (χ2n) is 5.87. The van der Waals surface area contributed by atoms with Crippen molar-refractivity contribution in [2.24, 2.45) is 17.1 Å². The first kappa shape index (κ1) is 15.9. The smallest absolute Gasteiger partial charge is 0.326 e. The van der Waals surface area contributed by atoms with Crippen LogP contribution in [-0.2, 0) is 9.59 Å². The summed E-state index contributed by atoms with van der Waals surface area (Å²) in [6, 6.07) is -1.58. The van der Waals surface area contributed by atoms with Gasteiger partial charge in [-0.05, 0) is 17.8 Å². The molecular weight excluding hydrogens is 220 g/mol. The minimum atomic E-state index is -1.02. The van der Waals surface area contributed by atoms with Crippen LogP contribution < -0.4 is 11.1 Å². The molecule has 0 spiro atoms. The fourth-order valence-electron chi connectivity index (χ4n) is 1.35. The van der Waals surface area contributed by atoms with E-state index in [0.29, 0.717) is 6.42 Å². The normalized spacial score (nSPS) is 15.5. The molecule has 17 heavy (non-hydrogen) atoms. The second-order valence-corrected chi connectivity index (χ2v) is 5.87. The van der Waals surface area contributed by atoms with Crippen molar-refractivity contribution < 1.29 is 14.7 Å². The molecule has 0 fully saturated rings. The van der Waals surface area contributed by atoms with Crippen molar-refractivity contribution in [2.45, 2.75) is 53.1 Å². The Morgan fingerprint density at radius 2 is 1.76 bits per heavy atom. The van der Waals surface area contributed by atoms with Crippen LogP contribution in [0.25, 0.3) is 0 Å². The third-order valence-electron chi connectivity index (χ3n) is 2.54. The maximum atomic E-state index is 11.8. The van der Waals surface area contributed by atoms with Gasteiger partial charge in [-0.1, -0.05) is 34.6 Å². The minimum Gasteiger partial charge on any atom is -0.480 e. The van der Waals surface area contributed by atoms with Crippen LogP contribution in [0.5, 0.6) is 0 Å². The van der Waals surface area contributed by atoms with Crippen LogP contribution in [0.1, 0.15) is 41.0 Å². The van der Waals surface area contributed by atoms with Gasteiger partial charge < -0.3 is 16.2 Å². The fourth-order valence-corrected chi connectivity index (χ4v) is 1.35. The first-order valence-electron chi connectivity index (χ1n) is 5.84. The quantitative estimate of drug-likeness (QED) is 0.672. The zero-order chi connectivity index (χ0) is 13.8. The van der Waals surface area contributed by atoms with E-state index in [-0.39, 0.29) is 11.3 Å². The van der Waals surface area contributed by atoms with E-state index in [9.17, 15) is 9.59 Å². The van der Waals surface area contributed by atoms with Crippen molar-refractivity contribution in [3.05, 3.63) is 0 Å². The highest BCUT2D eigenvalue weighted by molar-refractivity contribution is 5.87. The molecule has 0 saturated heterocycles. The number of nitrogens with two attached hydrogens (primary N) is 1.